The van der Waals surface area contributed by atoms with Gasteiger partial charge in [-0.2, -0.15) is 5.26 Å². The number of nitrogens with zero attached hydrogens (tertiary/aromatic N) is 1. The molecule has 1 aromatic rings. The number of hydrogen-bond acceptors (Lipinski definition) is 4. The van der Waals surface area contributed by atoms with Gasteiger partial charge in [-0.05, 0) is 31.5 Å². The molecule has 18 heavy (non-hydrogen) atoms. The van der Waals surface area contributed by atoms with E-state index in [9.17, 15) is 9.59 Å². The van der Waals surface area contributed by atoms with Gasteiger partial charge in [-0.25, -0.2) is 0 Å². The maximum Gasteiger partial charge on any atom is 0.316 e. The summed E-state index contributed by atoms with van der Waals surface area (Å²) in [5.41, 5.74) is 1.33. The predicted octanol–water partition coefficient (Wildman–Crippen LogP) is 1.87. The van der Waals surface area contributed by atoms with Gasteiger partial charge in [-0.15, -0.1) is 0 Å². The molecule has 0 aliphatic heterocycles. The van der Waals surface area contributed by atoms with Gasteiger partial charge in [-0.3, -0.25) is 9.59 Å². The average Bonchev–Trinajstić information content (AvgIpc) is 2.39. The Morgan fingerprint density at radius 3 is 2.44 bits per heavy atom. The fraction of sp³-hybridized carbons (Fsp3) is 0.357. The number of Topliss-reactive ketones (excluding diaryl/α,β-unsaturated/α-hetero) is 1. The second kappa shape index (κ2) is 6.55. The molecule has 1 atom stereocenters. The molecule has 0 fully saturated rings. The second-order valence-corrected chi connectivity index (χ2v) is 3.93. The summed E-state index contributed by atoms with van der Waals surface area (Å²) < 4.78 is 4.80. The topological polar surface area (TPSA) is 67.2 Å². The van der Waals surface area contributed by atoms with Gasteiger partial charge in [-0.1, -0.05) is 12.1 Å². The third-order valence-corrected chi connectivity index (χ3v) is 2.58. The molecule has 94 valence electrons. The Morgan fingerprint density at radius 2 is 1.94 bits per heavy atom. The molecule has 0 N–H and O–H groups in total. The van der Waals surface area contributed by atoms with Crippen molar-refractivity contribution >= 4 is 11.8 Å². The summed E-state index contributed by atoms with van der Waals surface area (Å²) in [4.78, 5) is 23.2. The normalized spacial score (nSPS) is 11.4. The Balaban J connectivity index is 2.64. The smallest absolute Gasteiger partial charge is 0.316 e. The third kappa shape index (κ3) is 3.70. The van der Waals surface area contributed by atoms with E-state index in [4.69, 9.17) is 10.00 Å². The van der Waals surface area contributed by atoms with Crippen molar-refractivity contribution in [1.82, 2.24) is 0 Å². The lowest BCUT2D eigenvalue weighted by molar-refractivity contribution is -0.150. The molecule has 0 bridgehead atoms. The zero-order valence-corrected chi connectivity index (χ0v) is 10.5. The van der Waals surface area contributed by atoms with E-state index in [0.717, 1.165) is 5.56 Å². The summed E-state index contributed by atoms with van der Waals surface area (Å²) in [5, 5.41) is 8.65. The van der Waals surface area contributed by atoms with E-state index in [-0.39, 0.29) is 18.8 Å². The molecule has 0 aliphatic rings. The standard InChI is InChI=1S/C14H15NO3/c1-3-18-14(17)10(2)13(16)8-11-4-6-12(9-15)7-5-11/h4-7,10H,3,8H2,1-2H3. The van der Waals surface area contributed by atoms with Gasteiger partial charge < -0.3 is 4.74 Å². The number of carbonyl (C=O) groups excluding carboxylic acids is 2. The molecule has 0 radical (unpaired) electrons. The van der Waals surface area contributed by atoms with Gasteiger partial charge in [0.1, 0.15) is 5.92 Å². The number of benzene rings is 1. The Hall–Kier alpha value is -2.15. The number of ketones is 1. The molecule has 0 amide bonds. The van der Waals surface area contributed by atoms with Crippen molar-refractivity contribution in [3.63, 3.8) is 0 Å². The van der Waals surface area contributed by atoms with E-state index in [0.29, 0.717) is 5.56 Å². The van der Waals surface area contributed by atoms with E-state index in [1.54, 1.807) is 38.1 Å². The zero-order valence-electron chi connectivity index (χ0n) is 10.5. The number of nitriles is 1. The van der Waals surface area contributed by atoms with Gasteiger partial charge in [0.15, 0.2) is 5.78 Å². The fourth-order valence-corrected chi connectivity index (χ4v) is 1.45. The van der Waals surface area contributed by atoms with Gasteiger partial charge >= 0.3 is 5.97 Å². The second-order valence-electron chi connectivity index (χ2n) is 3.93. The lowest BCUT2D eigenvalue weighted by atomic mass is 9.99. The quantitative estimate of drug-likeness (QED) is 0.586. The highest BCUT2D eigenvalue weighted by Gasteiger charge is 2.22. The van der Waals surface area contributed by atoms with Crippen LogP contribution in [-0.4, -0.2) is 18.4 Å². The van der Waals surface area contributed by atoms with E-state index < -0.39 is 11.9 Å². The minimum absolute atomic E-state index is 0.172. The van der Waals surface area contributed by atoms with E-state index in [1.165, 1.54) is 0 Å². The van der Waals surface area contributed by atoms with Crippen LogP contribution < -0.4 is 0 Å². The molecule has 0 heterocycles. The number of carbonyl (C=O) groups is 2. The maximum atomic E-state index is 11.8. The zero-order chi connectivity index (χ0) is 13.5. The molecule has 1 aromatic carbocycles. The van der Waals surface area contributed by atoms with E-state index >= 15 is 0 Å². The maximum absolute atomic E-state index is 11.8. The van der Waals surface area contributed by atoms with Gasteiger partial charge in [0.2, 0.25) is 0 Å². The molecule has 1 unspecified atom stereocenters. The first-order valence-electron chi connectivity index (χ1n) is 5.76. The van der Waals surface area contributed by atoms with Crippen molar-refractivity contribution in [2.45, 2.75) is 20.3 Å². The highest BCUT2D eigenvalue weighted by molar-refractivity contribution is 5.99. The minimum Gasteiger partial charge on any atom is -0.465 e. The first kappa shape index (κ1) is 13.9. The van der Waals surface area contributed by atoms with Gasteiger partial charge in [0, 0.05) is 6.42 Å². The van der Waals surface area contributed by atoms with Crippen molar-refractivity contribution in [2.24, 2.45) is 5.92 Å². The molecule has 0 saturated heterocycles. The van der Waals surface area contributed by atoms with Crippen molar-refractivity contribution < 1.29 is 14.3 Å². The minimum atomic E-state index is -0.749. The van der Waals surface area contributed by atoms with Crippen LogP contribution in [-0.2, 0) is 20.7 Å². The summed E-state index contributed by atoms with van der Waals surface area (Å²) in [6.45, 7) is 3.52. The molecule has 4 heteroatoms. The molecule has 4 nitrogen and oxygen atoms in total. The lowest BCUT2D eigenvalue weighted by Crippen LogP contribution is -2.24. The largest absolute Gasteiger partial charge is 0.465 e. The van der Waals surface area contributed by atoms with Crippen LogP contribution >= 0.6 is 0 Å². The number of ether oxygens (including phenoxy) is 1. The Morgan fingerprint density at radius 1 is 1.33 bits per heavy atom. The van der Waals surface area contributed by atoms with Crippen LogP contribution in [0.25, 0.3) is 0 Å². The SMILES string of the molecule is CCOC(=O)C(C)C(=O)Cc1ccc(C#N)cc1. The highest BCUT2D eigenvalue weighted by atomic mass is 16.5. The molecule has 0 aliphatic carbocycles. The monoisotopic (exact) mass is 245 g/mol. The van der Waals surface area contributed by atoms with Crippen LogP contribution in [0, 0.1) is 17.2 Å². The van der Waals surface area contributed by atoms with Crippen LogP contribution in [0.15, 0.2) is 24.3 Å². The Kier molecular flexibility index (Phi) is 5.06. The summed E-state index contributed by atoms with van der Waals surface area (Å²) in [6, 6.07) is 8.74. The number of esters is 1. The first-order valence-corrected chi connectivity index (χ1v) is 5.76. The average molecular weight is 245 g/mol. The van der Waals surface area contributed by atoms with Crippen molar-refractivity contribution in [2.75, 3.05) is 6.61 Å². The van der Waals surface area contributed by atoms with Crippen LogP contribution in [0.5, 0.6) is 0 Å². The molecular weight excluding hydrogens is 230 g/mol. The molecule has 1 rings (SSSR count). The molecule has 0 aromatic heterocycles. The highest BCUT2D eigenvalue weighted by Crippen LogP contribution is 2.09. The van der Waals surface area contributed by atoms with Crippen LogP contribution in [0.4, 0.5) is 0 Å². The van der Waals surface area contributed by atoms with Crippen molar-refractivity contribution in [3.8, 4) is 6.07 Å². The third-order valence-electron chi connectivity index (χ3n) is 2.58. The van der Waals surface area contributed by atoms with Gasteiger partial charge in [0.05, 0.1) is 18.2 Å². The van der Waals surface area contributed by atoms with Crippen molar-refractivity contribution in [3.05, 3.63) is 35.4 Å². The van der Waals surface area contributed by atoms with Crippen molar-refractivity contribution in [1.29, 1.82) is 5.26 Å². The summed E-state index contributed by atoms with van der Waals surface area (Å²) >= 11 is 0. The van der Waals surface area contributed by atoms with Crippen LogP contribution in [0.2, 0.25) is 0 Å². The summed E-state index contributed by atoms with van der Waals surface area (Å²) in [5.74, 6) is -1.42. The predicted molar refractivity (Wildman–Crippen MR) is 65.7 cm³/mol. The molecule has 0 saturated carbocycles. The molecular formula is C14H15NO3. The first-order chi connectivity index (χ1) is 8.58. The van der Waals surface area contributed by atoms with Crippen LogP contribution in [0.1, 0.15) is 25.0 Å². The number of hydrogen-bond donors (Lipinski definition) is 0. The summed E-state index contributed by atoms with van der Waals surface area (Å²) in [7, 11) is 0. The van der Waals surface area contributed by atoms with E-state index in [1.807, 2.05) is 6.07 Å². The summed E-state index contributed by atoms with van der Waals surface area (Å²) in [6.07, 6.45) is 0.172. The Labute approximate surface area is 106 Å². The van der Waals surface area contributed by atoms with Crippen LogP contribution in [0.3, 0.4) is 0 Å². The van der Waals surface area contributed by atoms with E-state index in [2.05, 4.69) is 0 Å². The Bertz CT molecular complexity index is 471. The number of rotatable bonds is 5. The lowest BCUT2D eigenvalue weighted by Gasteiger charge is -2.09. The molecule has 0 spiro atoms. The van der Waals surface area contributed by atoms with Gasteiger partial charge in [0.25, 0.3) is 0 Å². The fourth-order valence-electron chi connectivity index (χ4n) is 1.45.